The van der Waals surface area contributed by atoms with Gasteiger partial charge in [0.05, 0.1) is 6.61 Å². The second kappa shape index (κ2) is 6.74. The van der Waals surface area contributed by atoms with Crippen molar-refractivity contribution in [2.75, 3.05) is 6.79 Å². The van der Waals surface area contributed by atoms with Crippen molar-refractivity contribution in [1.82, 2.24) is 0 Å². The first-order chi connectivity index (χ1) is 10.3. The molecule has 1 aliphatic carbocycles. The molecule has 0 bridgehead atoms. The van der Waals surface area contributed by atoms with Gasteiger partial charge in [-0.15, -0.1) is 0 Å². The molecule has 0 radical (unpaired) electrons. The van der Waals surface area contributed by atoms with Gasteiger partial charge in [0.25, 0.3) is 0 Å². The minimum Gasteiger partial charge on any atom is -0.468 e. The molecule has 0 aromatic heterocycles. The Morgan fingerprint density at radius 3 is 2.81 bits per heavy atom. The Morgan fingerprint density at radius 2 is 1.95 bits per heavy atom. The second-order valence-corrected chi connectivity index (χ2v) is 5.46. The Hall–Kier alpha value is -1.84. The topological polar surface area (TPSA) is 44.5 Å². The summed E-state index contributed by atoms with van der Waals surface area (Å²) in [7, 11) is 0. The van der Waals surface area contributed by atoms with Gasteiger partial charge in [0.2, 0.25) is 0 Å². The van der Waals surface area contributed by atoms with Crippen LogP contribution in [-0.4, -0.2) is 6.79 Å². The Balaban J connectivity index is 1.53. The van der Waals surface area contributed by atoms with Gasteiger partial charge in [0.15, 0.2) is 6.79 Å². The molecular weight excluding hydrogens is 262 g/mol. The van der Waals surface area contributed by atoms with Crippen molar-refractivity contribution in [2.24, 2.45) is 5.73 Å². The summed E-state index contributed by atoms with van der Waals surface area (Å²) in [5.74, 6) is 0.833. The van der Waals surface area contributed by atoms with Crippen molar-refractivity contribution in [2.45, 2.75) is 31.9 Å². The van der Waals surface area contributed by atoms with Crippen LogP contribution in [0.4, 0.5) is 0 Å². The van der Waals surface area contributed by atoms with Gasteiger partial charge in [0.1, 0.15) is 5.75 Å². The molecule has 0 saturated carbocycles. The van der Waals surface area contributed by atoms with Gasteiger partial charge < -0.3 is 15.2 Å². The van der Waals surface area contributed by atoms with Crippen molar-refractivity contribution in [1.29, 1.82) is 0 Å². The summed E-state index contributed by atoms with van der Waals surface area (Å²) in [6, 6.07) is 16.4. The molecule has 110 valence electrons. The van der Waals surface area contributed by atoms with E-state index in [1.165, 1.54) is 17.5 Å². The molecule has 2 aromatic rings. The molecule has 2 aromatic carbocycles. The zero-order chi connectivity index (χ0) is 14.5. The number of rotatable bonds is 5. The van der Waals surface area contributed by atoms with Crippen LogP contribution in [-0.2, 0) is 17.8 Å². The second-order valence-electron chi connectivity index (χ2n) is 5.46. The molecule has 0 heterocycles. The molecule has 3 nitrogen and oxygen atoms in total. The van der Waals surface area contributed by atoms with Crippen molar-refractivity contribution in [3.63, 3.8) is 0 Å². The number of benzene rings is 2. The lowest BCUT2D eigenvalue weighted by Crippen LogP contribution is -2.17. The predicted molar refractivity (Wildman–Crippen MR) is 83.0 cm³/mol. The number of hydrogen-bond acceptors (Lipinski definition) is 3. The molecule has 1 aliphatic rings. The summed E-state index contributed by atoms with van der Waals surface area (Å²) in [6.07, 6.45) is 3.35. The lowest BCUT2D eigenvalue weighted by Gasteiger charge is -2.22. The number of hydrogen-bond donors (Lipinski definition) is 1. The Morgan fingerprint density at radius 1 is 1.10 bits per heavy atom. The van der Waals surface area contributed by atoms with E-state index in [2.05, 4.69) is 12.1 Å². The summed E-state index contributed by atoms with van der Waals surface area (Å²) in [4.78, 5) is 0. The van der Waals surface area contributed by atoms with Crippen LogP contribution < -0.4 is 10.5 Å². The highest BCUT2D eigenvalue weighted by Crippen LogP contribution is 2.30. The molecule has 0 fully saturated rings. The van der Waals surface area contributed by atoms with Gasteiger partial charge in [-0.1, -0.05) is 36.4 Å². The van der Waals surface area contributed by atoms with E-state index in [0.717, 1.165) is 24.2 Å². The minimum absolute atomic E-state index is 0.141. The van der Waals surface area contributed by atoms with E-state index < -0.39 is 0 Å². The lowest BCUT2D eigenvalue weighted by atomic mass is 9.88. The zero-order valence-electron chi connectivity index (χ0n) is 12.1. The first kappa shape index (κ1) is 14.1. The number of nitrogens with two attached hydrogens (primary N) is 1. The van der Waals surface area contributed by atoms with Gasteiger partial charge in [0, 0.05) is 6.04 Å². The first-order valence-electron chi connectivity index (χ1n) is 7.46. The van der Waals surface area contributed by atoms with Crippen molar-refractivity contribution in [3.8, 4) is 5.75 Å². The molecule has 3 rings (SSSR count). The monoisotopic (exact) mass is 283 g/mol. The molecule has 0 amide bonds. The standard InChI is InChI=1S/C18H21NO2/c19-18-8-4-7-15-9-10-16(11-17(15)18)21-13-20-12-14-5-2-1-3-6-14/h1-3,5-6,9-11,18H,4,7-8,12-13,19H2/t18-/m0/s1. The highest BCUT2D eigenvalue weighted by molar-refractivity contribution is 5.39. The fraction of sp³-hybridized carbons (Fsp3) is 0.333. The number of aryl methyl sites for hydroxylation is 1. The minimum atomic E-state index is 0.141. The fourth-order valence-corrected chi connectivity index (χ4v) is 2.75. The molecule has 0 unspecified atom stereocenters. The highest BCUT2D eigenvalue weighted by atomic mass is 16.7. The van der Waals surface area contributed by atoms with Gasteiger partial charge in [-0.3, -0.25) is 0 Å². The largest absolute Gasteiger partial charge is 0.468 e. The van der Waals surface area contributed by atoms with E-state index in [1.54, 1.807) is 0 Å². The van der Waals surface area contributed by atoms with Crippen LogP contribution in [0.2, 0.25) is 0 Å². The molecule has 0 saturated heterocycles. The smallest absolute Gasteiger partial charge is 0.189 e. The summed E-state index contributed by atoms with van der Waals surface area (Å²) in [6.45, 7) is 0.814. The van der Waals surface area contributed by atoms with E-state index in [9.17, 15) is 0 Å². The average molecular weight is 283 g/mol. The Kier molecular flexibility index (Phi) is 4.53. The third-order valence-electron chi connectivity index (χ3n) is 3.90. The summed E-state index contributed by atoms with van der Waals surface area (Å²) >= 11 is 0. The number of fused-ring (bicyclic) bond motifs is 1. The molecule has 0 spiro atoms. The van der Waals surface area contributed by atoms with Crippen LogP contribution >= 0.6 is 0 Å². The maximum absolute atomic E-state index is 6.16. The van der Waals surface area contributed by atoms with Crippen LogP contribution in [0.25, 0.3) is 0 Å². The summed E-state index contributed by atoms with van der Waals surface area (Å²) < 4.78 is 11.2. The Bertz CT molecular complexity index is 583. The molecule has 2 N–H and O–H groups in total. The van der Waals surface area contributed by atoms with Crippen molar-refractivity contribution >= 4 is 0 Å². The average Bonchev–Trinajstić information content (AvgIpc) is 2.53. The SMILES string of the molecule is N[C@H]1CCCc2ccc(OCOCc3ccccc3)cc21. The van der Waals surface area contributed by atoms with Gasteiger partial charge in [-0.25, -0.2) is 0 Å². The van der Waals surface area contributed by atoms with Crippen LogP contribution in [0.3, 0.4) is 0 Å². The molecular formula is C18H21NO2. The van der Waals surface area contributed by atoms with Gasteiger partial charge in [-0.2, -0.15) is 0 Å². The van der Waals surface area contributed by atoms with E-state index in [1.807, 2.05) is 36.4 Å². The fourth-order valence-electron chi connectivity index (χ4n) is 2.75. The maximum Gasteiger partial charge on any atom is 0.189 e. The highest BCUT2D eigenvalue weighted by Gasteiger charge is 2.17. The predicted octanol–water partition coefficient (Wildman–Crippen LogP) is 3.58. The van der Waals surface area contributed by atoms with E-state index in [-0.39, 0.29) is 12.8 Å². The van der Waals surface area contributed by atoms with E-state index in [4.69, 9.17) is 15.2 Å². The molecule has 21 heavy (non-hydrogen) atoms. The quantitative estimate of drug-likeness (QED) is 0.674. The van der Waals surface area contributed by atoms with E-state index >= 15 is 0 Å². The third kappa shape index (κ3) is 3.63. The van der Waals surface area contributed by atoms with E-state index in [0.29, 0.717) is 6.61 Å². The molecule has 1 atom stereocenters. The number of ether oxygens (including phenoxy) is 2. The van der Waals surface area contributed by atoms with Crippen molar-refractivity contribution in [3.05, 3.63) is 65.2 Å². The van der Waals surface area contributed by atoms with Crippen molar-refractivity contribution < 1.29 is 9.47 Å². The third-order valence-corrected chi connectivity index (χ3v) is 3.90. The van der Waals surface area contributed by atoms with Gasteiger partial charge >= 0.3 is 0 Å². The summed E-state index contributed by atoms with van der Waals surface area (Å²) in [5, 5.41) is 0. The Labute approximate surface area is 125 Å². The molecule has 3 heteroatoms. The van der Waals surface area contributed by atoms with Crippen LogP contribution in [0, 0.1) is 0 Å². The van der Waals surface area contributed by atoms with Gasteiger partial charge in [-0.05, 0) is 48.1 Å². The first-order valence-corrected chi connectivity index (χ1v) is 7.46. The summed E-state index contributed by atoms with van der Waals surface area (Å²) in [5.41, 5.74) is 9.88. The lowest BCUT2D eigenvalue weighted by molar-refractivity contribution is 0.00497. The van der Waals surface area contributed by atoms with Crippen LogP contribution in [0.15, 0.2) is 48.5 Å². The normalized spacial score (nSPS) is 17.3. The zero-order valence-corrected chi connectivity index (χ0v) is 12.1. The molecule has 0 aliphatic heterocycles. The van der Waals surface area contributed by atoms with Crippen LogP contribution in [0.5, 0.6) is 5.75 Å². The maximum atomic E-state index is 6.16. The van der Waals surface area contributed by atoms with Crippen LogP contribution in [0.1, 0.15) is 35.6 Å².